The summed E-state index contributed by atoms with van der Waals surface area (Å²) in [7, 11) is -4.82. The van der Waals surface area contributed by atoms with Gasteiger partial charge < -0.3 is 9.47 Å². The average Bonchev–Trinajstić information content (AvgIpc) is 2.36. The predicted octanol–water partition coefficient (Wildman–Crippen LogP) is 1.46. The van der Waals surface area contributed by atoms with Crippen LogP contribution in [0.3, 0.4) is 0 Å². The van der Waals surface area contributed by atoms with Crippen molar-refractivity contribution in [2.75, 3.05) is 26.9 Å². The number of alkyl halides is 3. The second-order valence-electron chi connectivity index (χ2n) is 4.03. The molecule has 0 amide bonds. The van der Waals surface area contributed by atoms with Crippen molar-refractivity contribution in [3.05, 3.63) is 0 Å². The first-order valence-electron chi connectivity index (χ1n) is 5.70. The molecule has 120 valence electrons. The molecule has 1 aliphatic heterocycles. The number of hydrogen-bond acceptors (Lipinski definition) is 6. The number of hydrogen-bond donors (Lipinski definition) is 0. The van der Waals surface area contributed by atoms with E-state index in [1.807, 2.05) is 0 Å². The van der Waals surface area contributed by atoms with Crippen LogP contribution in [0.1, 0.15) is 19.8 Å². The van der Waals surface area contributed by atoms with E-state index in [9.17, 15) is 26.4 Å². The Bertz CT molecular complexity index is 386. The van der Waals surface area contributed by atoms with Crippen molar-refractivity contribution in [3.63, 3.8) is 0 Å². The second-order valence-corrected chi connectivity index (χ2v) is 5.64. The maximum atomic E-state index is 11.5. The van der Waals surface area contributed by atoms with Crippen molar-refractivity contribution in [2.45, 2.75) is 25.3 Å². The summed E-state index contributed by atoms with van der Waals surface area (Å²) < 4.78 is 67.1. The summed E-state index contributed by atoms with van der Waals surface area (Å²) in [5.41, 5.74) is -5.53. The standard InChI is InChI=1S/C6H12O.C4H5F3O5S/c1-6-2-4-7-5-3-6;1-11-3(8)2-12-13(9,10)4(5,6)7/h6H,2-5H2,1H3;2H2,1H3. The Morgan fingerprint density at radius 1 is 1.30 bits per heavy atom. The molecule has 0 atom stereocenters. The molecular weight excluding hydrogens is 305 g/mol. The van der Waals surface area contributed by atoms with Gasteiger partial charge in [0.05, 0.1) is 7.11 Å². The van der Waals surface area contributed by atoms with Gasteiger partial charge in [0.2, 0.25) is 0 Å². The van der Waals surface area contributed by atoms with Gasteiger partial charge in [-0.2, -0.15) is 21.6 Å². The largest absolute Gasteiger partial charge is 0.523 e. The lowest BCUT2D eigenvalue weighted by molar-refractivity contribution is -0.143. The van der Waals surface area contributed by atoms with Gasteiger partial charge >= 0.3 is 21.6 Å². The third-order valence-corrected chi connectivity index (χ3v) is 3.35. The fraction of sp³-hybridized carbons (Fsp3) is 0.900. The van der Waals surface area contributed by atoms with Gasteiger partial charge in [0.25, 0.3) is 0 Å². The third kappa shape index (κ3) is 7.65. The third-order valence-electron chi connectivity index (χ3n) is 2.35. The number of rotatable bonds is 3. The van der Waals surface area contributed by atoms with Crippen molar-refractivity contribution < 1.29 is 40.0 Å². The molecule has 1 fully saturated rings. The normalized spacial score (nSPS) is 17.1. The average molecular weight is 322 g/mol. The van der Waals surface area contributed by atoms with Crippen molar-refractivity contribution in [1.29, 1.82) is 0 Å². The van der Waals surface area contributed by atoms with Crippen molar-refractivity contribution in [2.24, 2.45) is 5.92 Å². The van der Waals surface area contributed by atoms with Crippen LogP contribution < -0.4 is 0 Å². The Morgan fingerprint density at radius 3 is 2.10 bits per heavy atom. The lowest BCUT2D eigenvalue weighted by atomic mass is 10.0. The summed E-state index contributed by atoms with van der Waals surface area (Å²) in [4.78, 5) is 10.2. The van der Waals surface area contributed by atoms with Crippen LogP contribution in [0.5, 0.6) is 0 Å². The summed E-state index contributed by atoms with van der Waals surface area (Å²) in [5.74, 6) is -0.304. The first-order chi connectivity index (χ1) is 9.10. The van der Waals surface area contributed by atoms with Crippen LogP contribution in [0.4, 0.5) is 13.2 Å². The fourth-order valence-electron chi connectivity index (χ4n) is 1.07. The topological polar surface area (TPSA) is 78.9 Å². The van der Waals surface area contributed by atoms with Gasteiger partial charge in [0, 0.05) is 13.2 Å². The highest BCUT2D eigenvalue weighted by Crippen LogP contribution is 2.24. The van der Waals surface area contributed by atoms with Gasteiger partial charge in [0.1, 0.15) is 0 Å². The van der Waals surface area contributed by atoms with E-state index in [1.165, 1.54) is 12.8 Å². The van der Waals surface area contributed by atoms with E-state index in [0.29, 0.717) is 0 Å². The molecule has 0 bridgehead atoms. The molecule has 0 radical (unpaired) electrons. The zero-order chi connectivity index (χ0) is 15.8. The molecule has 0 aromatic heterocycles. The van der Waals surface area contributed by atoms with Gasteiger partial charge in [-0.1, -0.05) is 6.92 Å². The van der Waals surface area contributed by atoms with Crippen molar-refractivity contribution in [1.82, 2.24) is 0 Å². The van der Waals surface area contributed by atoms with Crippen molar-refractivity contribution in [3.8, 4) is 0 Å². The first kappa shape index (κ1) is 19.1. The van der Waals surface area contributed by atoms with E-state index >= 15 is 0 Å². The number of halogens is 3. The molecule has 1 saturated heterocycles. The highest BCUT2D eigenvalue weighted by Gasteiger charge is 2.47. The fourth-order valence-corrected chi connectivity index (χ4v) is 1.45. The maximum Gasteiger partial charge on any atom is 0.523 e. The molecule has 20 heavy (non-hydrogen) atoms. The maximum absolute atomic E-state index is 11.5. The van der Waals surface area contributed by atoms with Crippen molar-refractivity contribution >= 4 is 16.1 Å². The summed E-state index contributed by atoms with van der Waals surface area (Å²) in [6.45, 7) is 2.96. The lowest BCUT2D eigenvalue weighted by Crippen LogP contribution is -2.28. The Hall–Kier alpha value is -0.870. The molecule has 1 heterocycles. The van der Waals surface area contributed by atoms with Gasteiger partial charge in [-0.3, -0.25) is 4.18 Å². The van der Waals surface area contributed by atoms with E-state index in [4.69, 9.17) is 4.74 Å². The Labute approximate surface area is 115 Å². The number of methoxy groups -OCH3 is 1. The highest BCUT2D eigenvalue weighted by molar-refractivity contribution is 7.87. The molecule has 0 N–H and O–H groups in total. The van der Waals surface area contributed by atoms with Crippen LogP contribution >= 0.6 is 0 Å². The van der Waals surface area contributed by atoms with Gasteiger partial charge in [-0.25, -0.2) is 4.79 Å². The molecule has 6 nitrogen and oxygen atoms in total. The lowest BCUT2D eigenvalue weighted by Gasteiger charge is -2.16. The minimum Gasteiger partial charge on any atom is -0.467 e. The molecule has 1 aliphatic rings. The van der Waals surface area contributed by atoms with Gasteiger partial charge in [-0.05, 0) is 18.8 Å². The Balaban J connectivity index is 0.000000428. The Morgan fingerprint density at radius 2 is 1.80 bits per heavy atom. The number of carbonyl (C=O) groups is 1. The zero-order valence-electron chi connectivity index (χ0n) is 11.1. The van der Waals surface area contributed by atoms with Gasteiger partial charge in [-0.15, -0.1) is 0 Å². The number of ether oxygens (including phenoxy) is 2. The summed E-state index contributed by atoms with van der Waals surface area (Å²) in [6, 6.07) is 0. The molecule has 0 aromatic rings. The summed E-state index contributed by atoms with van der Waals surface area (Å²) in [6.07, 6.45) is 2.53. The van der Waals surface area contributed by atoms with Crippen LogP contribution in [-0.4, -0.2) is 46.8 Å². The smallest absolute Gasteiger partial charge is 0.467 e. The molecule has 0 aromatic carbocycles. The molecule has 0 saturated carbocycles. The predicted molar refractivity (Wildman–Crippen MR) is 62.2 cm³/mol. The van der Waals surface area contributed by atoms with Crippen LogP contribution in [0.25, 0.3) is 0 Å². The van der Waals surface area contributed by atoms with Gasteiger partial charge in [0.15, 0.2) is 6.61 Å². The molecular formula is C10H17F3O6S. The van der Waals surface area contributed by atoms with E-state index in [1.54, 1.807) is 0 Å². The van der Waals surface area contributed by atoms with Crippen LogP contribution in [0, 0.1) is 5.92 Å². The minimum atomic E-state index is -5.70. The summed E-state index contributed by atoms with van der Waals surface area (Å²) >= 11 is 0. The minimum absolute atomic E-state index is 0.881. The molecule has 1 rings (SSSR count). The molecule has 10 heteroatoms. The first-order valence-corrected chi connectivity index (χ1v) is 7.11. The number of esters is 1. The monoisotopic (exact) mass is 322 g/mol. The van der Waals surface area contributed by atoms with E-state index in [0.717, 1.165) is 26.2 Å². The van der Waals surface area contributed by atoms with Crippen LogP contribution in [0.2, 0.25) is 0 Å². The zero-order valence-corrected chi connectivity index (χ0v) is 11.9. The van der Waals surface area contributed by atoms with E-state index in [2.05, 4.69) is 15.8 Å². The highest BCUT2D eigenvalue weighted by atomic mass is 32.2. The van der Waals surface area contributed by atoms with Crippen LogP contribution in [0.15, 0.2) is 0 Å². The van der Waals surface area contributed by atoms with E-state index < -0.39 is 28.2 Å². The van der Waals surface area contributed by atoms with Crippen LogP contribution in [-0.2, 0) is 28.6 Å². The second kappa shape index (κ2) is 8.42. The van der Waals surface area contributed by atoms with E-state index in [-0.39, 0.29) is 0 Å². The molecule has 0 spiro atoms. The SMILES string of the molecule is CC1CCOCC1.COC(=O)COS(=O)(=O)C(F)(F)F. The molecule has 0 unspecified atom stereocenters. The quantitative estimate of drug-likeness (QED) is 0.445. The Kier molecular flexibility index (Phi) is 8.06. The number of carbonyl (C=O) groups excluding carboxylic acids is 1. The molecule has 0 aliphatic carbocycles. The summed E-state index contributed by atoms with van der Waals surface area (Å²) in [5, 5.41) is 0.